The van der Waals surface area contributed by atoms with Gasteiger partial charge >= 0.3 is 6.09 Å². The van der Waals surface area contributed by atoms with Crippen molar-refractivity contribution < 1.29 is 27.9 Å². The summed E-state index contributed by atoms with van der Waals surface area (Å²) in [6, 6.07) is 15.5. The number of rotatable bonds is 4. The summed E-state index contributed by atoms with van der Waals surface area (Å²) in [5, 5.41) is 3.77. The van der Waals surface area contributed by atoms with Crippen molar-refractivity contribution in [1.82, 2.24) is 9.47 Å². The monoisotopic (exact) mass is 549 g/mol. The van der Waals surface area contributed by atoms with Gasteiger partial charge in [0.1, 0.15) is 5.60 Å². The fourth-order valence-electron chi connectivity index (χ4n) is 5.45. The standard InChI is InChI=1S/C29H22ClF2N3O4/c30-18-6-7-19-20(15-35(25(19)14-18)16-26(36)17-5-8-22(31)23(32)13-17)27(37)34-11-9-29(10-12-34)21-3-1-2-4-24(21)33-28(38)39-29/h1-8,13-15H,9-12,16H2,(H,33,38). The molecule has 1 fully saturated rings. The van der Waals surface area contributed by atoms with Crippen LogP contribution in [0.3, 0.4) is 0 Å². The van der Waals surface area contributed by atoms with Crippen molar-refractivity contribution in [3.05, 3.63) is 100 Å². The summed E-state index contributed by atoms with van der Waals surface area (Å²) in [5.41, 5.74) is 1.75. The second-order valence-electron chi connectivity index (χ2n) is 9.73. The van der Waals surface area contributed by atoms with Gasteiger partial charge in [-0.3, -0.25) is 14.9 Å². The van der Waals surface area contributed by atoms with Crippen LogP contribution in [0.4, 0.5) is 19.3 Å². The summed E-state index contributed by atoms with van der Waals surface area (Å²) in [7, 11) is 0. The lowest BCUT2D eigenvalue weighted by atomic mass is 9.82. The summed E-state index contributed by atoms with van der Waals surface area (Å²) in [5.74, 6) is -2.83. The van der Waals surface area contributed by atoms with Crippen LogP contribution in [0.1, 0.15) is 39.1 Å². The molecule has 1 aromatic heterocycles. The first-order chi connectivity index (χ1) is 18.7. The van der Waals surface area contributed by atoms with E-state index in [1.165, 1.54) is 6.07 Å². The number of benzene rings is 3. The van der Waals surface area contributed by atoms with Crippen LogP contribution >= 0.6 is 11.6 Å². The first-order valence-electron chi connectivity index (χ1n) is 12.4. The van der Waals surface area contributed by atoms with Gasteiger partial charge in [-0.25, -0.2) is 13.6 Å². The van der Waals surface area contributed by atoms with Crippen molar-refractivity contribution in [2.75, 3.05) is 18.4 Å². The van der Waals surface area contributed by atoms with Crippen LogP contribution in [0.5, 0.6) is 0 Å². The van der Waals surface area contributed by atoms with E-state index in [-0.39, 0.29) is 18.0 Å². The Hall–Kier alpha value is -4.24. The minimum Gasteiger partial charge on any atom is -0.438 e. The van der Waals surface area contributed by atoms with Crippen molar-refractivity contribution in [2.45, 2.75) is 25.0 Å². The second kappa shape index (κ2) is 9.50. The maximum absolute atomic E-state index is 13.7. The predicted octanol–water partition coefficient (Wildman–Crippen LogP) is 6.15. The number of fused-ring (bicyclic) bond motifs is 3. The van der Waals surface area contributed by atoms with Crippen molar-refractivity contribution in [3.8, 4) is 0 Å². The lowest BCUT2D eigenvalue weighted by Crippen LogP contribution is -2.49. The molecule has 0 radical (unpaired) electrons. The van der Waals surface area contributed by atoms with Gasteiger partial charge in [-0.1, -0.05) is 35.9 Å². The zero-order valence-corrected chi connectivity index (χ0v) is 21.3. The number of anilines is 1. The number of hydrogen-bond donors (Lipinski definition) is 1. The summed E-state index contributed by atoms with van der Waals surface area (Å²) in [6.07, 6.45) is 1.94. The van der Waals surface area contributed by atoms with Crippen molar-refractivity contribution in [3.63, 3.8) is 0 Å². The molecule has 198 valence electrons. The molecule has 2 aliphatic heterocycles. The van der Waals surface area contributed by atoms with Gasteiger partial charge in [0, 0.05) is 53.7 Å². The third-order valence-corrected chi connectivity index (χ3v) is 7.67. The molecule has 3 heterocycles. The van der Waals surface area contributed by atoms with E-state index in [2.05, 4.69) is 5.32 Å². The number of para-hydroxylation sites is 1. The Balaban J connectivity index is 1.27. The van der Waals surface area contributed by atoms with Crippen molar-refractivity contribution in [1.29, 1.82) is 0 Å². The number of ether oxygens (including phenoxy) is 1. The second-order valence-corrected chi connectivity index (χ2v) is 10.2. The number of amides is 2. The lowest BCUT2D eigenvalue weighted by molar-refractivity contribution is -0.0331. The van der Waals surface area contributed by atoms with E-state index in [9.17, 15) is 23.2 Å². The van der Waals surface area contributed by atoms with Gasteiger partial charge in [0.2, 0.25) is 0 Å². The minimum absolute atomic E-state index is 0.0174. The fourth-order valence-corrected chi connectivity index (χ4v) is 5.62. The molecule has 0 saturated carbocycles. The topological polar surface area (TPSA) is 80.6 Å². The van der Waals surface area contributed by atoms with E-state index in [4.69, 9.17) is 16.3 Å². The molecule has 1 N–H and O–H groups in total. The van der Waals surface area contributed by atoms with Crippen LogP contribution in [0.25, 0.3) is 10.9 Å². The molecule has 1 spiro atoms. The first-order valence-corrected chi connectivity index (χ1v) is 12.8. The maximum Gasteiger partial charge on any atom is 0.412 e. The Kier molecular flexibility index (Phi) is 6.10. The van der Waals surface area contributed by atoms with Crippen LogP contribution in [0.15, 0.2) is 66.9 Å². The summed E-state index contributed by atoms with van der Waals surface area (Å²) < 4.78 is 34.4. The highest BCUT2D eigenvalue weighted by Gasteiger charge is 2.45. The molecule has 10 heteroatoms. The van der Waals surface area contributed by atoms with Crippen LogP contribution in [0, 0.1) is 11.6 Å². The van der Waals surface area contributed by atoms with Gasteiger partial charge in [0.25, 0.3) is 5.91 Å². The smallest absolute Gasteiger partial charge is 0.412 e. The number of ketones is 1. The Morgan fingerprint density at radius 2 is 1.77 bits per heavy atom. The average Bonchev–Trinajstić information content (AvgIpc) is 3.27. The Morgan fingerprint density at radius 1 is 1.00 bits per heavy atom. The number of nitrogens with zero attached hydrogens (tertiary/aromatic N) is 2. The molecule has 0 unspecified atom stereocenters. The molecule has 3 aromatic carbocycles. The third-order valence-electron chi connectivity index (χ3n) is 7.43. The summed E-state index contributed by atoms with van der Waals surface area (Å²) in [6.45, 7) is 0.515. The fraction of sp³-hybridized carbons (Fsp3) is 0.207. The van der Waals surface area contributed by atoms with E-state index in [0.29, 0.717) is 53.1 Å². The van der Waals surface area contributed by atoms with Gasteiger partial charge < -0.3 is 14.2 Å². The number of piperidine rings is 1. The average molecular weight is 550 g/mol. The number of aromatic nitrogens is 1. The molecule has 7 nitrogen and oxygen atoms in total. The highest BCUT2D eigenvalue weighted by molar-refractivity contribution is 6.31. The predicted molar refractivity (Wildman–Crippen MR) is 141 cm³/mol. The van der Waals surface area contributed by atoms with Crippen molar-refractivity contribution in [2.24, 2.45) is 0 Å². The Labute approximate surface area is 226 Å². The number of hydrogen-bond acceptors (Lipinski definition) is 4. The molecular weight excluding hydrogens is 528 g/mol. The highest BCUT2D eigenvalue weighted by atomic mass is 35.5. The minimum atomic E-state index is -1.11. The third kappa shape index (κ3) is 4.42. The Bertz CT molecular complexity index is 1660. The number of likely N-dealkylation sites (tertiary alicyclic amines) is 1. The molecule has 0 atom stereocenters. The zero-order valence-electron chi connectivity index (χ0n) is 20.5. The van der Waals surface area contributed by atoms with Gasteiger partial charge in [0.15, 0.2) is 17.4 Å². The summed E-state index contributed by atoms with van der Waals surface area (Å²) >= 11 is 6.22. The van der Waals surface area contributed by atoms with Crippen molar-refractivity contribution >= 4 is 46.0 Å². The van der Waals surface area contributed by atoms with E-state index in [1.54, 1.807) is 33.9 Å². The normalized spacial score (nSPS) is 16.1. The molecule has 0 aliphatic carbocycles. The van der Waals surface area contributed by atoms with Gasteiger partial charge in [-0.2, -0.15) is 0 Å². The molecule has 6 rings (SSSR count). The van der Waals surface area contributed by atoms with Gasteiger partial charge in [0.05, 0.1) is 23.3 Å². The Morgan fingerprint density at radius 3 is 2.54 bits per heavy atom. The molecule has 4 aromatic rings. The number of carbonyl (C=O) groups is 3. The van der Waals surface area contributed by atoms with Crippen LogP contribution in [-0.2, 0) is 16.9 Å². The number of halogens is 3. The number of Topliss-reactive ketones (excluding diaryl/α,β-unsaturated/α-hetero) is 1. The van der Waals surface area contributed by atoms with Gasteiger partial charge in [-0.15, -0.1) is 0 Å². The molecule has 1 saturated heterocycles. The quantitative estimate of drug-likeness (QED) is 0.310. The molecule has 2 aliphatic rings. The molecule has 39 heavy (non-hydrogen) atoms. The van der Waals surface area contributed by atoms with E-state index in [1.807, 2.05) is 24.3 Å². The van der Waals surface area contributed by atoms with Gasteiger partial charge in [-0.05, 0) is 36.4 Å². The highest BCUT2D eigenvalue weighted by Crippen LogP contribution is 2.43. The number of nitrogens with one attached hydrogen (secondary N) is 1. The SMILES string of the molecule is O=C1Nc2ccccc2C2(CCN(C(=O)c3cn(CC(=O)c4ccc(F)c(F)c4)c4cc(Cl)ccc34)CC2)O1. The lowest BCUT2D eigenvalue weighted by Gasteiger charge is -2.44. The molecule has 2 amide bonds. The first kappa shape index (κ1) is 25.1. The van der Waals surface area contributed by atoms with Crippen LogP contribution < -0.4 is 5.32 Å². The van der Waals surface area contributed by atoms with E-state index >= 15 is 0 Å². The largest absolute Gasteiger partial charge is 0.438 e. The maximum atomic E-state index is 13.7. The number of carbonyl (C=O) groups excluding carboxylic acids is 3. The van der Waals surface area contributed by atoms with Crippen LogP contribution in [-0.4, -0.2) is 40.3 Å². The molecule has 0 bridgehead atoms. The van der Waals surface area contributed by atoms with Crippen LogP contribution in [0.2, 0.25) is 5.02 Å². The molecular formula is C29H22ClF2N3O4. The zero-order chi connectivity index (χ0) is 27.3. The summed E-state index contributed by atoms with van der Waals surface area (Å²) in [4.78, 5) is 40.6. The van der Waals surface area contributed by atoms with E-state index < -0.39 is 29.1 Å². The van der Waals surface area contributed by atoms with E-state index in [0.717, 1.165) is 17.7 Å².